The van der Waals surface area contributed by atoms with Crippen LogP contribution in [-0.4, -0.2) is 50.2 Å². The van der Waals surface area contributed by atoms with E-state index < -0.39 is 10.0 Å². The first-order valence-corrected chi connectivity index (χ1v) is 12.0. The van der Waals surface area contributed by atoms with Crippen LogP contribution in [0.4, 0.5) is 0 Å². The number of piperidine rings is 1. The lowest BCUT2D eigenvalue weighted by atomic mass is 10.0. The number of rotatable bonds is 7. The molecular weight excluding hydrogens is 430 g/mol. The van der Waals surface area contributed by atoms with Crippen LogP contribution < -0.4 is 9.47 Å². The Hall–Kier alpha value is -2.91. The van der Waals surface area contributed by atoms with Crippen molar-refractivity contribution in [3.05, 3.63) is 53.9 Å². The molecule has 0 bridgehead atoms. The number of sulfonamides is 1. The zero-order valence-electron chi connectivity index (χ0n) is 18.4. The van der Waals surface area contributed by atoms with Crippen molar-refractivity contribution < 1.29 is 22.4 Å². The van der Waals surface area contributed by atoms with Gasteiger partial charge in [0.2, 0.25) is 21.7 Å². The first-order chi connectivity index (χ1) is 15.4. The fourth-order valence-corrected chi connectivity index (χ4v) is 5.23. The molecule has 0 aliphatic carbocycles. The van der Waals surface area contributed by atoms with E-state index in [4.69, 9.17) is 14.0 Å². The summed E-state index contributed by atoms with van der Waals surface area (Å²) in [6, 6.07) is 12.2. The molecule has 4 rings (SSSR count). The molecule has 0 N–H and O–H groups in total. The maximum Gasteiger partial charge on any atom is 0.243 e. The summed E-state index contributed by atoms with van der Waals surface area (Å²) in [6.07, 6.45) is 2.22. The van der Waals surface area contributed by atoms with Gasteiger partial charge < -0.3 is 14.0 Å². The van der Waals surface area contributed by atoms with Crippen molar-refractivity contribution >= 4 is 10.0 Å². The van der Waals surface area contributed by atoms with E-state index in [1.165, 1.54) is 0 Å². The number of methoxy groups -OCH3 is 2. The van der Waals surface area contributed by atoms with Gasteiger partial charge in [-0.05, 0) is 60.7 Å². The van der Waals surface area contributed by atoms with Crippen molar-refractivity contribution in [2.24, 2.45) is 5.92 Å². The molecule has 32 heavy (non-hydrogen) atoms. The summed E-state index contributed by atoms with van der Waals surface area (Å²) >= 11 is 0. The maximum atomic E-state index is 12.9. The smallest absolute Gasteiger partial charge is 0.243 e. The zero-order chi connectivity index (χ0) is 22.7. The molecule has 0 radical (unpaired) electrons. The molecule has 1 fully saturated rings. The number of aromatic nitrogens is 2. The summed E-state index contributed by atoms with van der Waals surface area (Å²) in [7, 11) is -0.311. The standard InChI is InChI=1S/C23H27N3O5S/c1-16-10-12-26(13-11-16)32(27,28)19-7-5-18(6-8-19)23-24-22(31-25-23)15-17-4-9-20(29-2)21(14-17)30-3/h4-9,14,16H,10-13,15H2,1-3H3. The summed E-state index contributed by atoms with van der Waals surface area (Å²) in [5.74, 6) is 2.71. The van der Waals surface area contributed by atoms with Gasteiger partial charge in [0.15, 0.2) is 11.5 Å². The van der Waals surface area contributed by atoms with Crippen LogP contribution in [0.5, 0.6) is 11.5 Å². The van der Waals surface area contributed by atoms with E-state index in [9.17, 15) is 8.42 Å². The third-order valence-electron chi connectivity index (χ3n) is 5.76. The molecule has 0 spiro atoms. The molecule has 8 nitrogen and oxygen atoms in total. The topological polar surface area (TPSA) is 94.8 Å². The van der Waals surface area contributed by atoms with Crippen LogP contribution in [0.3, 0.4) is 0 Å². The lowest BCUT2D eigenvalue weighted by molar-refractivity contribution is 0.288. The molecule has 1 aliphatic heterocycles. The van der Waals surface area contributed by atoms with E-state index in [0.717, 1.165) is 18.4 Å². The Bertz CT molecular complexity index is 1170. The highest BCUT2D eigenvalue weighted by Gasteiger charge is 2.28. The van der Waals surface area contributed by atoms with E-state index in [1.54, 1.807) is 42.8 Å². The highest BCUT2D eigenvalue weighted by molar-refractivity contribution is 7.89. The molecule has 170 valence electrons. The van der Waals surface area contributed by atoms with Gasteiger partial charge in [0.1, 0.15) is 0 Å². The largest absolute Gasteiger partial charge is 0.493 e. The molecule has 0 unspecified atom stereocenters. The van der Waals surface area contributed by atoms with Gasteiger partial charge in [-0.2, -0.15) is 9.29 Å². The van der Waals surface area contributed by atoms with E-state index >= 15 is 0 Å². The molecule has 1 aromatic heterocycles. The average molecular weight is 458 g/mol. The van der Waals surface area contributed by atoms with Gasteiger partial charge in [0.25, 0.3) is 0 Å². The Kier molecular flexibility index (Phi) is 6.48. The van der Waals surface area contributed by atoms with Crippen LogP contribution in [0.15, 0.2) is 51.9 Å². The number of ether oxygens (including phenoxy) is 2. The zero-order valence-corrected chi connectivity index (χ0v) is 19.3. The number of nitrogens with zero attached hydrogens (tertiary/aromatic N) is 3. The van der Waals surface area contributed by atoms with Crippen LogP contribution in [0, 0.1) is 5.92 Å². The third kappa shape index (κ3) is 4.63. The quantitative estimate of drug-likeness (QED) is 0.533. The fraction of sp³-hybridized carbons (Fsp3) is 0.391. The molecule has 9 heteroatoms. The molecule has 1 saturated heterocycles. The van der Waals surface area contributed by atoms with Crippen molar-refractivity contribution in [2.75, 3.05) is 27.3 Å². The number of benzene rings is 2. The molecule has 0 amide bonds. The first kappa shape index (κ1) is 22.3. The van der Waals surface area contributed by atoms with Gasteiger partial charge in [0, 0.05) is 18.7 Å². The van der Waals surface area contributed by atoms with Crippen LogP contribution in [0.2, 0.25) is 0 Å². The molecule has 2 heterocycles. The van der Waals surface area contributed by atoms with E-state index in [-0.39, 0.29) is 4.90 Å². The van der Waals surface area contributed by atoms with Gasteiger partial charge in [-0.25, -0.2) is 8.42 Å². The average Bonchev–Trinajstić information content (AvgIpc) is 3.28. The predicted molar refractivity (Wildman–Crippen MR) is 119 cm³/mol. The first-order valence-electron chi connectivity index (χ1n) is 10.5. The number of hydrogen-bond donors (Lipinski definition) is 0. The molecule has 1 aliphatic rings. The Morgan fingerprint density at radius 1 is 1.03 bits per heavy atom. The SMILES string of the molecule is COc1ccc(Cc2nc(-c3ccc(S(=O)(=O)N4CCC(C)CC4)cc3)no2)cc1OC. The highest BCUT2D eigenvalue weighted by atomic mass is 32.2. The Morgan fingerprint density at radius 2 is 1.72 bits per heavy atom. The van der Waals surface area contributed by atoms with Gasteiger partial charge in [-0.1, -0.05) is 18.1 Å². The van der Waals surface area contributed by atoms with Crippen molar-refractivity contribution in [1.82, 2.24) is 14.4 Å². The van der Waals surface area contributed by atoms with Crippen LogP contribution in [-0.2, 0) is 16.4 Å². The molecule has 2 aromatic carbocycles. The second-order valence-corrected chi connectivity index (χ2v) is 9.93. The van der Waals surface area contributed by atoms with Crippen molar-refractivity contribution in [3.63, 3.8) is 0 Å². The van der Waals surface area contributed by atoms with Crippen molar-refractivity contribution in [3.8, 4) is 22.9 Å². The minimum atomic E-state index is -3.49. The second-order valence-electron chi connectivity index (χ2n) is 7.99. The molecule has 0 saturated carbocycles. The van der Waals surface area contributed by atoms with Crippen molar-refractivity contribution in [1.29, 1.82) is 0 Å². The summed E-state index contributed by atoms with van der Waals surface area (Å²) < 4.78 is 43.4. The molecule has 0 atom stereocenters. The Labute approximate surface area is 188 Å². The Morgan fingerprint density at radius 3 is 2.38 bits per heavy atom. The van der Waals surface area contributed by atoms with Crippen LogP contribution in [0.25, 0.3) is 11.4 Å². The summed E-state index contributed by atoms with van der Waals surface area (Å²) in [6.45, 7) is 3.29. The summed E-state index contributed by atoms with van der Waals surface area (Å²) in [4.78, 5) is 4.74. The van der Waals surface area contributed by atoms with Gasteiger partial charge >= 0.3 is 0 Å². The predicted octanol–water partition coefficient (Wildman–Crippen LogP) is 3.77. The van der Waals surface area contributed by atoms with E-state index in [0.29, 0.717) is 54.2 Å². The van der Waals surface area contributed by atoms with Gasteiger partial charge in [-0.15, -0.1) is 0 Å². The van der Waals surface area contributed by atoms with Crippen LogP contribution in [0.1, 0.15) is 31.2 Å². The van der Waals surface area contributed by atoms with Crippen molar-refractivity contribution in [2.45, 2.75) is 31.1 Å². The van der Waals surface area contributed by atoms with Crippen LogP contribution >= 0.6 is 0 Å². The van der Waals surface area contributed by atoms with E-state index in [1.807, 2.05) is 18.2 Å². The number of hydrogen-bond acceptors (Lipinski definition) is 7. The third-order valence-corrected chi connectivity index (χ3v) is 7.68. The highest BCUT2D eigenvalue weighted by Crippen LogP contribution is 2.29. The summed E-state index contributed by atoms with van der Waals surface area (Å²) in [5.41, 5.74) is 1.63. The minimum absolute atomic E-state index is 0.282. The fourth-order valence-electron chi connectivity index (χ4n) is 3.76. The lowest BCUT2D eigenvalue weighted by Gasteiger charge is -2.29. The summed E-state index contributed by atoms with van der Waals surface area (Å²) in [5, 5.41) is 4.05. The Balaban J connectivity index is 1.48. The lowest BCUT2D eigenvalue weighted by Crippen LogP contribution is -2.37. The second kappa shape index (κ2) is 9.30. The monoisotopic (exact) mass is 457 g/mol. The van der Waals surface area contributed by atoms with E-state index in [2.05, 4.69) is 17.1 Å². The maximum absolute atomic E-state index is 12.9. The normalized spacial score (nSPS) is 15.6. The van der Waals surface area contributed by atoms with Gasteiger partial charge in [-0.3, -0.25) is 0 Å². The molecular formula is C23H27N3O5S. The van der Waals surface area contributed by atoms with Gasteiger partial charge in [0.05, 0.1) is 25.5 Å². The minimum Gasteiger partial charge on any atom is -0.493 e. The molecule has 3 aromatic rings.